The van der Waals surface area contributed by atoms with Crippen molar-refractivity contribution < 1.29 is 80.2 Å². The minimum Gasteiger partial charge on any atom is -0.462 e. The number of aliphatic hydroxyl groups excluding tert-OH is 1. The number of ether oxygens (including phenoxy) is 4. The Bertz CT molecular complexity index is 1840. The van der Waals surface area contributed by atoms with Crippen LogP contribution < -0.4 is 0 Å². The maximum atomic E-state index is 13.1. The van der Waals surface area contributed by atoms with Gasteiger partial charge in [0.2, 0.25) is 0 Å². The molecular formula is C76H148O17P2. The van der Waals surface area contributed by atoms with Crippen LogP contribution in [0.4, 0.5) is 0 Å². The minimum atomic E-state index is -4.96. The lowest BCUT2D eigenvalue weighted by atomic mass is 10.0. The second-order valence-electron chi connectivity index (χ2n) is 28.3. The van der Waals surface area contributed by atoms with Crippen molar-refractivity contribution in [2.24, 2.45) is 11.8 Å². The molecule has 0 aliphatic rings. The highest BCUT2D eigenvalue weighted by Gasteiger charge is 2.30. The van der Waals surface area contributed by atoms with Crippen molar-refractivity contribution in [3.8, 4) is 0 Å². The number of hydrogen-bond donors (Lipinski definition) is 3. The fraction of sp³-hybridized carbons (Fsp3) is 0.947. The van der Waals surface area contributed by atoms with E-state index in [2.05, 4.69) is 41.5 Å². The molecule has 0 saturated heterocycles. The molecule has 5 atom stereocenters. The van der Waals surface area contributed by atoms with Gasteiger partial charge in [-0.3, -0.25) is 37.3 Å². The Hall–Kier alpha value is -1.94. The van der Waals surface area contributed by atoms with Crippen LogP contribution in [0.1, 0.15) is 395 Å². The van der Waals surface area contributed by atoms with Crippen molar-refractivity contribution >= 4 is 39.5 Å². The Balaban J connectivity index is 5.25. The Morgan fingerprint density at radius 1 is 0.284 bits per heavy atom. The second-order valence-corrected chi connectivity index (χ2v) is 31.3. The van der Waals surface area contributed by atoms with E-state index in [4.69, 9.17) is 37.0 Å². The van der Waals surface area contributed by atoms with E-state index in [1.54, 1.807) is 0 Å². The highest BCUT2D eigenvalue weighted by Crippen LogP contribution is 2.45. The van der Waals surface area contributed by atoms with E-state index in [9.17, 15) is 43.2 Å². The Morgan fingerprint density at radius 2 is 0.484 bits per heavy atom. The summed E-state index contributed by atoms with van der Waals surface area (Å²) < 4.78 is 68.5. The molecule has 0 aromatic rings. The quantitative estimate of drug-likeness (QED) is 0.0222. The largest absolute Gasteiger partial charge is 0.472 e. The molecule has 0 aromatic carbocycles. The van der Waals surface area contributed by atoms with Gasteiger partial charge in [0, 0.05) is 25.7 Å². The van der Waals surface area contributed by atoms with E-state index >= 15 is 0 Å². The van der Waals surface area contributed by atoms with Crippen molar-refractivity contribution in [3.63, 3.8) is 0 Å². The number of phosphoric ester groups is 2. The number of phosphoric acid groups is 2. The van der Waals surface area contributed by atoms with Gasteiger partial charge in [-0.2, -0.15) is 0 Å². The molecule has 2 unspecified atom stereocenters. The lowest BCUT2D eigenvalue weighted by Crippen LogP contribution is -2.30. The third-order valence-corrected chi connectivity index (χ3v) is 19.6. The van der Waals surface area contributed by atoms with Gasteiger partial charge in [0.25, 0.3) is 0 Å². The van der Waals surface area contributed by atoms with Crippen molar-refractivity contribution in [2.75, 3.05) is 39.6 Å². The maximum Gasteiger partial charge on any atom is 0.472 e. The smallest absolute Gasteiger partial charge is 0.462 e. The molecule has 0 radical (unpaired) electrons. The number of aliphatic hydroxyl groups is 1. The minimum absolute atomic E-state index is 0.106. The monoisotopic (exact) mass is 1400 g/mol. The topological polar surface area (TPSA) is 237 Å². The first-order valence-corrected chi connectivity index (χ1v) is 42.5. The van der Waals surface area contributed by atoms with E-state index in [1.165, 1.54) is 212 Å². The summed E-state index contributed by atoms with van der Waals surface area (Å²) in [6.45, 7) is 9.59. The van der Waals surface area contributed by atoms with Gasteiger partial charge in [0.1, 0.15) is 19.3 Å². The number of carbonyl (C=O) groups is 4. The molecule has 17 nitrogen and oxygen atoms in total. The number of rotatable bonds is 75. The van der Waals surface area contributed by atoms with Crippen LogP contribution in [0, 0.1) is 11.8 Å². The average Bonchev–Trinajstić information content (AvgIpc) is 1.27. The summed E-state index contributed by atoms with van der Waals surface area (Å²) in [5.41, 5.74) is 0. The zero-order valence-electron chi connectivity index (χ0n) is 62.0. The summed E-state index contributed by atoms with van der Waals surface area (Å²) in [4.78, 5) is 72.8. The van der Waals surface area contributed by atoms with Crippen molar-refractivity contribution in [2.45, 2.75) is 413 Å². The highest BCUT2D eigenvalue weighted by molar-refractivity contribution is 7.47. The Labute approximate surface area is 581 Å². The molecule has 564 valence electrons. The second kappa shape index (κ2) is 67.9. The fourth-order valence-electron chi connectivity index (χ4n) is 11.7. The first-order valence-electron chi connectivity index (χ1n) is 39.5. The normalized spacial score (nSPS) is 14.0. The molecule has 3 N–H and O–H groups in total. The SMILES string of the molecule is CCCCCCCCCCCCCCCCCCCC(=O)O[C@H](COC(=O)CCCCCCCCCCCCCCC(C)C)COP(=O)(O)OC[C@@H](O)COP(=O)(O)OC[C@@H](COC(=O)CCCCCCCCCCCCC)OC(=O)CCCCCCCCCCCC(C)C. The first-order chi connectivity index (χ1) is 45.9. The Kier molecular flexibility index (Phi) is 66.5. The van der Waals surface area contributed by atoms with Gasteiger partial charge in [-0.05, 0) is 37.5 Å². The van der Waals surface area contributed by atoms with Crippen LogP contribution in [0.2, 0.25) is 0 Å². The van der Waals surface area contributed by atoms with E-state index < -0.39 is 97.5 Å². The molecule has 0 bridgehead atoms. The molecule has 0 rings (SSSR count). The zero-order chi connectivity index (χ0) is 70.0. The van der Waals surface area contributed by atoms with Crippen LogP contribution in [0.3, 0.4) is 0 Å². The summed E-state index contributed by atoms with van der Waals surface area (Å²) >= 11 is 0. The standard InChI is InChI=1S/C76H148O17P2/c1-7-9-11-13-15-17-19-20-21-22-23-24-30-36-42-48-54-60-75(80)92-71(64-87-74(79)59-53-47-41-35-29-26-25-28-32-38-44-50-56-68(3)4)66-90-94(82,83)88-62-70(77)63-89-95(84,85)91-67-72(65-86-73(78)58-52-46-40-34-27-18-16-14-12-10-8-2)93-76(81)61-55-49-43-37-31-33-39-45-51-57-69(5)6/h68-72,77H,7-67H2,1-6H3,(H,82,83)(H,84,85)/t70-,71-,72-/m1/s1. The molecule has 0 aliphatic heterocycles. The molecule has 0 aromatic heterocycles. The summed E-state index contributed by atoms with van der Waals surface area (Å²) in [6.07, 6.45) is 55.4. The molecule has 95 heavy (non-hydrogen) atoms. The van der Waals surface area contributed by atoms with Crippen LogP contribution in [0.15, 0.2) is 0 Å². The van der Waals surface area contributed by atoms with E-state index in [1.807, 2.05) is 0 Å². The van der Waals surface area contributed by atoms with Crippen LogP contribution >= 0.6 is 15.6 Å². The average molecular weight is 1400 g/mol. The van der Waals surface area contributed by atoms with Gasteiger partial charge >= 0.3 is 39.5 Å². The number of esters is 4. The molecule has 0 fully saturated rings. The lowest BCUT2D eigenvalue weighted by Gasteiger charge is -2.21. The predicted octanol–water partition coefficient (Wildman–Crippen LogP) is 22.3. The van der Waals surface area contributed by atoms with Crippen LogP contribution in [-0.2, 0) is 65.4 Å². The molecule has 0 amide bonds. The third-order valence-electron chi connectivity index (χ3n) is 17.7. The molecular weight excluding hydrogens is 1250 g/mol. The van der Waals surface area contributed by atoms with E-state index in [0.717, 1.165) is 102 Å². The predicted molar refractivity (Wildman–Crippen MR) is 386 cm³/mol. The molecule has 19 heteroatoms. The number of unbranched alkanes of at least 4 members (excludes halogenated alkanes) is 45. The molecule has 0 aliphatic carbocycles. The summed E-state index contributed by atoms with van der Waals surface area (Å²) in [6, 6.07) is 0. The van der Waals surface area contributed by atoms with Gasteiger partial charge in [-0.25, -0.2) is 9.13 Å². The van der Waals surface area contributed by atoms with Crippen LogP contribution in [0.5, 0.6) is 0 Å². The molecule has 0 saturated carbocycles. The van der Waals surface area contributed by atoms with Gasteiger partial charge in [0.05, 0.1) is 26.4 Å². The van der Waals surface area contributed by atoms with Crippen molar-refractivity contribution in [1.29, 1.82) is 0 Å². The maximum absolute atomic E-state index is 13.1. The first kappa shape index (κ1) is 93.1. The summed E-state index contributed by atoms with van der Waals surface area (Å²) in [5.74, 6) is -0.596. The van der Waals surface area contributed by atoms with Crippen molar-refractivity contribution in [1.82, 2.24) is 0 Å². The fourth-order valence-corrected chi connectivity index (χ4v) is 13.2. The van der Waals surface area contributed by atoms with Gasteiger partial charge in [0.15, 0.2) is 12.2 Å². The van der Waals surface area contributed by atoms with E-state index in [-0.39, 0.29) is 25.7 Å². The number of hydrogen-bond acceptors (Lipinski definition) is 15. The molecule has 0 heterocycles. The van der Waals surface area contributed by atoms with E-state index in [0.29, 0.717) is 25.7 Å². The highest BCUT2D eigenvalue weighted by atomic mass is 31.2. The third kappa shape index (κ3) is 70.3. The Morgan fingerprint density at radius 3 is 0.716 bits per heavy atom. The van der Waals surface area contributed by atoms with Gasteiger partial charge < -0.3 is 33.8 Å². The van der Waals surface area contributed by atoms with Crippen LogP contribution in [-0.4, -0.2) is 96.7 Å². The van der Waals surface area contributed by atoms with Gasteiger partial charge in [-0.15, -0.1) is 0 Å². The molecule has 0 spiro atoms. The van der Waals surface area contributed by atoms with Gasteiger partial charge in [-0.1, -0.05) is 343 Å². The van der Waals surface area contributed by atoms with Crippen molar-refractivity contribution in [3.05, 3.63) is 0 Å². The summed E-state index contributed by atoms with van der Waals surface area (Å²) in [7, 11) is -9.91. The number of carbonyl (C=O) groups excluding carboxylic acids is 4. The van der Waals surface area contributed by atoms with Crippen LogP contribution in [0.25, 0.3) is 0 Å². The zero-order valence-corrected chi connectivity index (χ0v) is 63.8. The summed E-state index contributed by atoms with van der Waals surface area (Å²) in [5, 5.41) is 10.6. The lowest BCUT2D eigenvalue weighted by molar-refractivity contribution is -0.161.